The molecule has 1 N–H and O–H groups in total. The van der Waals surface area contributed by atoms with Crippen LogP contribution in [0.4, 0.5) is 0 Å². The Morgan fingerprint density at radius 2 is 2.12 bits per heavy atom. The van der Waals surface area contributed by atoms with Crippen molar-refractivity contribution in [2.24, 2.45) is 0 Å². The summed E-state index contributed by atoms with van der Waals surface area (Å²) in [4.78, 5) is 12.7. The van der Waals surface area contributed by atoms with Gasteiger partial charge in [-0.3, -0.25) is 9.48 Å². The second-order valence-electron chi connectivity index (χ2n) is 6.44. The number of benzene rings is 1. The molecule has 1 aliphatic rings. The van der Waals surface area contributed by atoms with Crippen LogP contribution in [0.2, 0.25) is 0 Å². The second kappa shape index (κ2) is 6.67. The summed E-state index contributed by atoms with van der Waals surface area (Å²) in [5, 5.41) is 7.53. The van der Waals surface area contributed by atoms with Crippen molar-refractivity contribution in [3.63, 3.8) is 0 Å². The van der Waals surface area contributed by atoms with E-state index in [4.69, 9.17) is 4.74 Å². The number of carbonyl (C=O) groups is 1. The minimum atomic E-state index is -0.108. The standard InChI is InChI=1S/C19H25N3O2/c1-5-14(6-2)22-13(4)16(10-20-22)19(23)21-17-11-24-18-8-7-12(3)9-15(17)18/h7-10,14,17H,5-6,11H2,1-4H3,(H,21,23)/t17-/m1/s1. The van der Waals surface area contributed by atoms with Gasteiger partial charge in [0.25, 0.3) is 5.91 Å². The highest BCUT2D eigenvalue weighted by Crippen LogP contribution is 2.33. The molecule has 1 aromatic carbocycles. The summed E-state index contributed by atoms with van der Waals surface area (Å²) in [6.45, 7) is 8.77. The molecule has 0 radical (unpaired) electrons. The first-order chi connectivity index (χ1) is 11.5. The van der Waals surface area contributed by atoms with Gasteiger partial charge in [0, 0.05) is 11.3 Å². The number of fused-ring (bicyclic) bond motifs is 1. The normalized spacial score (nSPS) is 16.1. The Kier molecular flexibility index (Phi) is 4.60. The molecule has 5 nitrogen and oxygen atoms in total. The van der Waals surface area contributed by atoms with E-state index in [1.807, 2.05) is 30.7 Å². The average Bonchev–Trinajstić information content (AvgIpc) is 3.13. The van der Waals surface area contributed by atoms with Crippen molar-refractivity contribution in [3.05, 3.63) is 46.8 Å². The number of ether oxygens (including phenoxy) is 1. The molecule has 3 rings (SSSR count). The molecule has 24 heavy (non-hydrogen) atoms. The van der Waals surface area contributed by atoms with Crippen LogP contribution in [0.5, 0.6) is 5.75 Å². The first kappa shape index (κ1) is 16.6. The van der Waals surface area contributed by atoms with Crippen molar-refractivity contribution >= 4 is 5.91 Å². The first-order valence-corrected chi connectivity index (χ1v) is 8.63. The van der Waals surface area contributed by atoms with Gasteiger partial charge in [-0.25, -0.2) is 0 Å². The SMILES string of the molecule is CCC(CC)n1ncc(C(=O)N[C@@H]2COc3ccc(C)cc32)c1C. The highest BCUT2D eigenvalue weighted by molar-refractivity contribution is 5.95. The van der Waals surface area contributed by atoms with Gasteiger partial charge in [-0.15, -0.1) is 0 Å². The zero-order valence-electron chi connectivity index (χ0n) is 14.8. The quantitative estimate of drug-likeness (QED) is 0.910. The highest BCUT2D eigenvalue weighted by atomic mass is 16.5. The fourth-order valence-corrected chi connectivity index (χ4v) is 3.34. The molecule has 1 aromatic heterocycles. The monoisotopic (exact) mass is 327 g/mol. The number of aryl methyl sites for hydroxylation is 1. The predicted molar refractivity (Wildman–Crippen MR) is 93.5 cm³/mol. The van der Waals surface area contributed by atoms with Crippen LogP contribution < -0.4 is 10.1 Å². The van der Waals surface area contributed by atoms with Gasteiger partial charge < -0.3 is 10.1 Å². The lowest BCUT2D eigenvalue weighted by Crippen LogP contribution is -2.29. The van der Waals surface area contributed by atoms with Crippen LogP contribution in [-0.2, 0) is 0 Å². The molecule has 0 saturated carbocycles. The Bertz CT molecular complexity index is 747. The summed E-state index contributed by atoms with van der Waals surface area (Å²) in [6.07, 6.45) is 3.68. The number of nitrogens with zero attached hydrogens (tertiary/aromatic N) is 2. The second-order valence-corrected chi connectivity index (χ2v) is 6.44. The maximum atomic E-state index is 12.7. The van der Waals surface area contributed by atoms with Gasteiger partial charge in [-0.2, -0.15) is 5.10 Å². The molecule has 128 valence electrons. The number of aromatic nitrogens is 2. The molecule has 2 heterocycles. The van der Waals surface area contributed by atoms with Crippen LogP contribution in [-0.4, -0.2) is 22.3 Å². The van der Waals surface area contributed by atoms with E-state index in [9.17, 15) is 4.79 Å². The maximum Gasteiger partial charge on any atom is 0.255 e. The van der Waals surface area contributed by atoms with Crippen LogP contribution in [0.25, 0.3) is 0 Å². The molecular weight excluding hydrogens is 302 g/mol. The molecule has 0 aliphatic carbocycles. The van der Waals surface area contributed by atoms with E-state index < -0.39 is 0 Å². The van der Waals surface area contributed by atoms with Crippen LogP contribution in [0, 0.1) is 13.8 Å². The lowest BCUT2D eigenvalue weighted by Gasteiger charge is -2.16. The number of rotatable bonds is 5. The van der Waals surface area contributed by atoms with Gasteiger partial charge in [-0.1, -0.05) is 31.5 Å². The van der Waals surface area contributed by atoms with Crippen LogP contribution in [0.3, 0.4) is 0 Å². The minimum Gasteiger partial charge on any atom is -0.491 e. The minimum absolute atomic E-state index is 0.0901. The zero-order valence-corrected chi connectivity index (χ0v) is 14.8. The molecule has 0 spiro atoms. The van der Waals surface area contributed by atoms with E-state index >= 15 is 0 Å². The Hall–Kier alpha value is -2.30. The van der Waals surface area contributed by atoms with Gasteiger partial charge in [0.15, 0.2) is 0 Å². The summed E-state index contributed by atoms with van der Waals surface area (Å²) in [5.41, 5.74) is 3.78. The summed E-state index contributed by atoms with van der Waals surface area (Å²) in [6, 6.07) is 6.29. The number of nitrogens with one attached hydrogen (secondary N) is 1. The molecule has 5 heteroatoms. The first-order valence-electron chi connectivity index (χ1n) is 8.63. The van der Waals surface area contributed by atoms with Crippen molar-refractivity contribution in [2.75, 3.05) is 6.61 Å². The molecule has 2 aromatic rings. The predicted octanol–water partition coefficient (Wildman–Crippen LogP) is 3.72. The van der Waals surface area contributed by atoms with Crippen molar-refractivity contribution in [3.8, 4) is 5.75 Å². The van der Waals surface area contributed by atoms with Gasteiger partial charge in [0.2, 0.25) is 0 Å². The van der Waals surface area contributed by atoms with Crippen molar-refractivity contribution in [2.45, 2.75) is 52.6 Å². The summed E-state index contributed by atoms with van der Waals surface area (Å²) in [5.74, 6) is 0.767. The molecule has 0 saturated heterocycles. The fraction of sp³-hybridized carbons (Fsp3) is 0.474. The Morgan fingerprint density at radius 3 is 2.83 bits per heavy atom. The highest BCUT2D eigenvalue weighted by Gasteiger charge is 2.27. The van der Waals surface area contributed by atoms with Gasteiger partial charge in [0.05, 0.1) is 23.8 Å². The topological polar surface area (TPSA) is 56.2 Å². The third-order valence-electron chi connectivity index (χ3n) is 4.83. The molecule has 0 unspecified atom stereocenters. The van der Waals surface area contributed by atoms with E-state index in [2.05, 4.69) is 30.3 Å². The van der Waals surface area contributed by atoms with Gasteiger partial charge in [-0.05, 0) is 32.8 Å². The summed E-state index contributed by atoms with van der Waals surface area (Å²) in [7, 11) is 0. The Balaban J connectivity index is 1.79. The van der Waals surface area contributed by atoms with Gasteiger partial charge >= 0.3 is 0 Å². The van der Waals surface area contributed by atoms with E-state index in [0.29, 0.717) is 18.2 Å². The van der Waals surface area contributed by atoms with Gasteiger partial charge in [0.1, 0.15) is 12.4 Å². The van der Waals surface area contributed by atoms with Crippen molar-refractivity contribution in [1.29, 1.82) is 0 Å². The number of hydrogen-bond acceptors (Lipinski definition) is 3. The lowest BCUT2D eigenvalue weighted by atomic mass is 10.1. The number of hydrogen-bond donors (Lipinski definition) is 1. The third-order valence-corrected chi connectivity index (χ3v) is 4.83. The lowest BCUT2D eigenvalue weighted by molar-refractivity contribution is 0.0929. The van der Waals surface area contributed by atoms with Crippen LogP contribution in [0.15, 0.2) is 24.4 Å². The van der Waals surface area contributed by atoms with E-state index in [0.717, 1.165) is 35.4 Å². The molecule has 1 atom stereocenters. The van der Waals surface area contributed by atoms with Crippen LogP contribution in [0.1, 0.15) is 66.0 Å². The van der Waals surface area contributed by atoms with Crippen molar-refractivity contribution in [1.82, 2.24) is 15.1 Å². The maximum absolute atomic E-state index is 12.7. The molecule has 0 bridgehead atoms. The molecule has 0 fully saturated rings. The smallest absolute Gasteiger partial charge is 0.255 e. The van der Waals surface area contributed by atoms with E-state index in [1.54, 1.807) is 6.20 Å². The summed E-state index contributed by atoms with van der Waals surface area (Å²) >= 11 is 0. The average molecular weight is 327 g/mol. The molecular formula is C19H25N3O2. The van der Waals surface area contributed by atoms with Crippen LogP contribution >= 0.6 is 0 Å². The summed E-state index contributed by atoms with van der Waals surface area (Å²) < 4.78 is 7.65. The number of carbonyl (C=O) groups excluding carboxylic acids is 1. The largest absolute Gasteiger partial charge is 0.491 e. The Labute approximate surface area is 143 Å². The fourth-order valence-electron chi connectivity index (χ4n) is 3.34. The third kappa shape index (κ3) is 2.90. The molecule has 1 aliphatic heterocycles. The number of amides is 1. The van der Waals surface area contributed by atoms with Crippen molar-refractivity contribution < 1.29 is 9.53 Å². The Morgan fingerprint density at radius 1 is 1.38 bits per heavy atom. The van der Waals surface area contributed by atoms with E-state index in [-0.39, 0.29) is 11.9 Å². The van der Waals surface area contributed by atoms with E-state index in [1.165, 1.54) is 0 Å². The zero-order chi connectivity index (χ0) is 17.3. The molecule has 1 amide bonds.